The van der Waals surface area contributed by atoms with Gasteiger partial charge in [-0.25, -0.2) is 0 Å². The molecule has 0 aromatic carbocycles. The number of carbonyl (C=O) groups is 3. The summed E-state index contributed by atoms with van der Waals surface area (Å²) in [5.41, 5.74) is 0. The molecule has 1 saturated heterocycles. The normalized spacial score (nSPS) is 24.6. The van der Waals surface area contributed by atoms with Crippen LogP contribution >= 0.6 is 0 Å². The molecule has 2 atom stereocenters. The minimum absolute atomic E-state index is 0.146. The van der Waals surface area contributed by atoms with Crippen molar-refractivity contribution >= 4 is 17.5 Å². The van der Waals surface area contributed by atoms with E-state index >= 15 is 0 Å². The highest BCUT2D eigenvalue weighted by Gasteiger charge is 2.47. The molecule has 0 aliphatic carbocycles. The predicted molar refractivity (Wildman–Crippen MR) is 62.3 cm³/mol. The van der Waals surface area contributed by atoms with Gasteiger partial charge in [0.05, 0.1) is 0 Å². The molecular weight excluding hydrogens is 220 g/mol. The number of hydrogen-bond acceptors (Lipinski definition) is 4. The maximum atomic E-state index is 11.9. The lowest BCUT2D eigenvalue weighted by atomic mass is 9.90. The van der Waals surface area contributed by atoms with Crippen LogP contribution < -0.4 is 0 Å². The van der Waals surface area contributed by atoms with Gasteiger partial charge in [0.25, 0.3) is 0 Å². The smallest absolute Gasteiger partial charge is 0.325 e. The van der Waals surface area contributed by atoms with Gasteiger partial charge in [-0.2, -0.15) is 0 Å². The van der Waals surface area contributed by atoms with E-state index in [1.54, 1.807) is 0 Å². The van der Waals surface area contributed by atoms with Gasteiger partial charge in [-0.15, -0.1) is 0 Å². The lowest BCUT2D eigenvalue weighted by Crippen LogP contribution is -2.29. The van der Waals surface area contributed by atoms with Crippen molar-refractivity contribution in [3.05, 3.63) is 0 Å². The van der Waals surface area contributed by atoms with Crippen LogP contribution in [-0.2, 0) is 19.1 Å². The summed E-state index contributed by atoms with van der Waals surface area (Å²) in [5.74, 6) is -2.08. The van der Waals surface area contributed by atoms with Gasteiger partial charge in [0, 0.05) is 6.42 Å². The maximum Gasteiger partial charge on any atom is 0.325 e. The molecule has 1 aliphatic rings. The molecule has 1 heterocycles. The van der Waals surface area contributed by atoms with Crippen LogP contribution in [0.4, 0.5) is 0 Å². The number of carbonyl (C=O) groups excluding carboxylic acids is 3. The van der Waals surface area contributed by atoms with E-state index in [0.29, 0.717) is 6.42 Å². The molecule has 0 radical (unpaired) electrons. The zero-order valence-electron chi connectivity index (χ0n) is 10.9. The van der Waals surface area contributed by atoms with Gasteiger partial charge < -0.3 is 4.74 Å². The van der Waals surface area contributed by atoms with E-state index in [2.05, 4.69) is 0 Å². The van der Waals surface area contributed by atoms with Crippen molar-refractivity contribution in [1.82, 2.24) is 0 Å². The van der Waals surface area contributed by atoms with Gasteiger partial charge >= 0.3 is 5.97 Å². The number of ether oxygens (including phenoxy) is 1. The molecule has 17 heavy (non-hydrogen) atoms. The molecule has 0 aromatic heterocycles. The zero-order chi connectivity index (χ0) is 13.2. The molecule has 0 spiro atoms. The van der Waals surface area contributed by atoms with Gasteiger partial charge in [-0.05, 0) is 18.3 Å². The fraction of sp³-hybridized carbons (Fsp3) is 0.769. The molecule has 2 unspecified atom stereocenters. The quantitative estimate of drug-likeness (QED) is 0.542. The Hall–Kier alpha value is -1.19. The topological polar surface area (TPSA) is 60.4 Å². The summed E-state index contributed by atoms with van der Waals surface area (Å²) in [4.78, 5) is 35.2. The second kappa shape index (κ2) is 5.43. The number of ketones is 2. The Morgan fingerprint density at radius 3 is 2.24 bits per heavy atom. The van der Waals surface area contributed by atoms with Gasteiger partial charge in [0.2, 0.25) is 0 Å². The Labute approximate surface area is 102 Å². The van der Waals surface area contributed by atoms with Crippen LogP contribution in [0.1, 0.15) is 40.5 Å². The van der Waals surface area contributed by atoms with Crippen molar-refractivity contribution in [2.24, 2.45) is 17.8 Å². The lowest BCUT2D eigenvalue weighted by molar-refractivity contribution is -0.147. The van der Waals surface area contributed by atoms with Crippen LogP contribution in [0.2, 0.25) is 0 Å². The fourth-order valence-electron chi connectivity index (χ4n) is 1.97. The number of esters is 1. The molecule has 1 rings (SSSR count). The third kappa shape index (κ3) is 3.38. The van der Waals surface area contributed by atoms with Gasteiger partial charge in [-0.3, -0.25) is 14.4 Å². The van der Waals surface area contributed by atoms with Crippen molar-refractivity contribution < 1.29 is 19.1 Å². The minimum Gasteiger partial charge on any atom is -0.453 e. The highest BCUT2D eigenvalue weighted by molar-refractivity contribution is 6.21. The Balaban J connectivity index is 2.72. The van der Waals surface area contributed by atoms with E-state index in [4.69, 9.17) is 4.74 Å². The highest BCUT2D eigenvalue weighted by atomic mass is 16.6. The SMILES string of the molecule is CC(C)CC(=O)C1C(=O)OC(CC(C)C)C1=O. The van der Waals surface area contributed by atoms with Gasteiger partial charge in [0.1, 0.15) is 0 Å². The molecule has 0 amide bonds. The second-order valence-corrected chi connectivity index (χ2v) is 5.45. The minimum atomic E-state index is -1.17. The van der Waals surface area contributed by atoms with E-state index in [1.807, 2.05) is 27.7 Å². The third-order valence-corrected chi connectivity index (χ3v) is 2.71. The Bertz CT molecular complexity index is 330. The first-order valence-corrected chi connectivity index (χ1v) is 6.09. The number of cyclic esters (lactones) is 1. The van der Waals surface area contributed by atoms with Crippen molar-refractivity contribution in [2.75, 3.05) is 0 Å². The molecule has 1 fully saturated rings. The summed E-state index contributed by atoms with van der Waals surface area (Å²) in [6.45, 7) is 7.66. The lowest BCUT2D eigenvalue weighted by Gasteiger charge is -2.09. The summed E-state index contributed by atoms with van der Waals surface area (Å²) in [5, 5.41) is 0. The zero-order valence-corrected chi connectivity index (χ0v) is 10.9. The van der Waals surface area contributed by atoms with E-state index < -0.39 is 18.0 Å². The average Bonchev–Trinajstić information content (AvgIpc) is 2.39. The molecule has 0 bridgehead atoms. The molecule has 0 saturated carbocycles. The monoisotopic (exact) mass is 240 g/mol. The second-order valence-electron chi connectivity index (χ2n) is 5.45. The first-order chi connectivity index (χ1) is 7.82. The Kier molecular flexibility index (Phi) is 4.43. The summed E-state index contributed by atoms with van der Waals surface area (Å²) in [6.07, 6.45) is 0.0271. The van der Waals surface area contributed by atoms with Gasteiger partial charge in [-0.1, -0.05) is 27.7 Å². The summed E-state index contributed by atoms with van der Waals surface area (Å²) in [7, 11) is 0. The predicted octanol–water partition coefficient (Wildman–Crippen LogP) is 1.76. The number of rotatable bonds is 5. The van der Waals surface area contributed by atoms with Crippen molar-refractivity contribution in [2.45, 2.75) is 46.6 Å². The molecule has 96 valence electrons. The molecule has 0 N–H and O–H groups in total. The molecule has 0 aromatic rings. The summed E-state index contributed by atoms with van der Waals surface area (Å²) >= 11 is 0. The van der Waals surface area contributed by atoms with Crippen molar-refractivity contribution in [1.29, 1.82) is 0 Å². The maximum absolute atomic E-state index is 11.9. The average molecular weight is 240 g/mol. The molecule has 4 heteroatoms. The first kappa shape index (κ1) is 13.9. The first-order valence-electron chi connectivity index (χ1n) is 6.09. The van der Waals surface area contributed by atoms with E-state index in [1.165, 1.54) is 0 Å². The largest absolute Gasteiger partial charge is 0.453 e. The van der Waals surface area contributed by atoms with Crippen LogP contribution in [-0.4, -0.2) is 23.6 Å². The van der Waals surface area contributed by atoms with E-state index in [9.17, 15) is 14.4 Å². The summed E-state index contributed by atoms with van der Waals surface area (Å²) in [6, 6.07) is 0. The van der Waals surface area contributed by atoms with Crippen LogP contribution in [0.15, 0.2) is 0 Å². The van der Waals surface area contributed by atoms with Crippen LogP contribution in [0.3, 0.4) is 0 Å². The van der Waals surface area contributed by atoms with Gasteiger partial charge in [0.15, 0.2) is 23.6 Å². The standard InChI is InChI=1S/C13H20O4/c1-7(2)5-9(14)11-12(15)10(6-8(3)4)17-13(11)16/h7-8,10-11H,5-6H2,1-4H3. The van der Waals surface area contributed by atoms with Crippen LogP contribution in [0.25, 0.3) is 0 Å². The van der Waals surface area contributed by atoms with Crippen molar-refractivity contribution in [3.8, 4) is 0 Å². The van der Waals surface area contributed by atoms with E-state index in [-0.39, 0.29) is 29.8 Å². The summed E-state index contributed by atoms with van der Waals surface area (Å²) < 4.78 is 4.99. The van der Waals surface area contributed by atoms with E-state index in [0.717, 1.165) is 0 Å². The Morgan fingerprint density at radius 2 is 1.76 bits per heavy atom. The van der Waals surface area contributed by atoms with Crippen molar-refractivity contribution in [3.63, 3.8) is 0 Å². The molecule has 4 nitrogen and oxygen atoms in total. The fourth-order valence-corrected chi connectivity index (χ4v) is 1.97. The van der Waals surface area contributed by atoms with Crippen LogP contribution in [0, 0.1) is 17.8 Å². The number of hydrogen-bond donors (Lipinski definition) is 0. The molecule has 1 aliphatic heterocycles. The van der Waals surface area contributed by atoms with Crippen LogP contribution in [0.5, 0.6) is 0 Å². The Morgan fingerprint density at radius 1 is 1.18 bits per heavy atom. The number of Topliss-reactive ketones (excluding diaryl/α,β-unsaturated/α-hetero) is 2. The molecular formula is C13H20O4. The highest BCUT2D eigenvalue weighted by Crippen LogP contribution is 2.25. The third-order valence-electron chi connectivity index (χ3n) is 2.71.